The topological polar surface area (TPSA) is 37.2 Å². The Morgan fingerprint density at radius 1 is 1.22 bits per heavy atom. The molecule has 0 bridgehead atoms. The number of furan rings is 1. The van der Waals surface area contributed by atoms with Gasteiger partial charge in [0, 0.05) is 19.0 Å². The number of hydrogen-bond acceptors (Lipinski definition) is 3. The van der Waals surface area contributed by atoms with Gasteiger partial charge in [-0.2, -0.15) is 0 Å². The fourth-order valence-electron chi connectivity index (χ4n) is 2.79. The highest BCUT2D eigenvalue weighted by atomic mass is 16.3. The Hall–Kier alpha value is -0.800. The van der Waals surface area contributed by atoms with Crippen LogP contribution in [-0.2, 0) is 6.42 Å². The minimum atomic E-state index is 0.757. The lowest BCUT2D eigenvalue weighted by molar-refractivity contribution is 0.293. The molecule has 0 atom stereocenters. The molecule has 18 heavy (non-hydrogen) atoms. The van der Waals surface area contributed by atoms with Gasteiger partial charge in [-0.05, 0) is 64.3 Å². The van der Waals surface area contributed by atoms with Gasteiger partial charge >= 0.3 is 0 Å². The zero-order chi connectivity index (χ0) is 12.8. The number of aryl methyl sites for hydroxylation is 1. The molecule has 102 valence electrons. The van der Waals surface area contributed by atoms with E-state index in [1.165, 1.54) is 25.7 Å². The Morgan fingerprint density at radius 3 is 2.61 bits per heavy atom. The van der Waals surface area contributed by atoms with Crippen molar-refractivity contribution in [1.82, 2.24) is 10.6 Å². The predicted octanol–water partition coefficient (Wildman–Crippen LogP) is 2.50. The highest BCUT2D eigenvalue weighted by molar-refractivity contribution is 5.05. The molecule has 3 nitrogen and oxygen atoms in total. The van der Waals surface area contributed by atoms with Crippen molar-refractivity contribution in [3.63, 3.8) is 0 Å². The Bertz CT molecular complexity index is 340. The third kappa shape index (κ3) is 4.14. The van der Waals surface area contributed by atoms with Gasteiger partial charge in [-0.25, -0.2) is 0 Å². The van der Waals surface area contributed by atoms with Crippen LogP contribution in [0, 0.1) is 12.8 Å². The zero-order valence-corrected chi connectivity index (χ0v) is 11.7. The monoisotopic (exact) mass is 250 g/mol. The van der Waals surface area contributed by atoms with E-state index in [1.807, 2.05) is 13.0 Å². The summed E-state index contributed by atoms with van der Waals surface area (Å²) < 4.78 is 5.56. The SMILES string of the molecule is CNC1CCC(CNCCc2ccc(C)o2)CC1. The molecule has 0 radical (unpaired) electrons. The average Bonchev–Trinajstić information content (AvgIpc) is 2.81. The van der Waals surface area contributed by atoms with Gasteiger partial charge < -0.3 is 15.1 Å². The van der Waals surface area contributed by atoms with Crippen molar-refractivity contribution < 1.29 is 4.42 Å². The van der Waals surface area contributed by atoms with Gasteiger partial charge in [0.15, 0.2) is 0 Å². The van der Waals surface area contributed by atoms with Gasteiger partial charge in [0.25, 0.3) is 0 Å². The summed E-state index contributed by atoms with van der Waals surface area (Å²) >= 11 is 0. The summed E-state index contributed by atoms with van der Waals surface area (Å²) in [6.07, 6.45) is 6.39. The molecule has 1 aliphatic carbocycles. The summed E-state index contributed by atoms with van der Waals surface area (Å²) in [7, 11) is 2.08. The summed E-state index contributed by atoms with van der Waals surface area (Å²) in [5.41, 5.74) is 0. The molecule has 0 aliphatic heterocycles. The lowest BCUT2D eigenvalue weighted by atomic mass is 9.86. The van der Waals surface area contributed by atoms with Crippen molar-refractivity contribution in [3.05, 3.63) is 23.7 Å². The van der Waals surface area contributed by atoms with E-state index in [0.29, 0.717) is 0 Å². The first kappa shape index (κ1) is 13.6. The van der Waals surface area contributed by atoms with Crippen molar-refractivity contribution in [3.8, 4) is 0 Å². The second-order valence-corrected chi connectivity index (χ2v) is 5.47. The van der Waals surface area contributed by atoms with Crippen LogP contribution >= 0.6 is 0 Å². The maximum atomic E-state index is 5.56. The second kappa shape index (κ2) is 6.95. The summed E-state index contributed by atoms with van der Waals surface area (Å²) in [6, 6.07) is 4.87. The summed E-state index contributed by atoms with van der Waals surface area (Å²) in [5, 5.41) is 6.95. The van der Waals surface area contributed by atoms with Crippen LogP contribution in [0.25, 0.3) is 0 Å². The fraction of sp³-hybridized carbons (Fsp3) is 0.733. The Kier molecular flexibility index (Phi) is 5.26. The molecule has 1 heterocycles. The molecule has 2 rings (SSSR count). The molecule has 0 amide bonds. The minimum Gasteiger partial charge on any atom is -0.466 e. The molecule has 1 aromatic heterocycles. The smallest absolute Gasteiger partial charge is 0.105 e. The summed E-state index contributed by atoms with van der Waals surface area (Å²) in [6.45, 7) is 4.19. The van der Waals surface area contributed by atoms with Crippen molar-refractivity contribution in [2.45, 2.75) is 45.1 Å². The van der Waals surface area contributed by atoms with Gasteiger partial charge in [0.2, 0.25) is 0 Å². The highest BCUT2D eigenvalue weighted by Gasteiger charge is 2.19. The normalized spacial score (nSPS) is 24.3. The average molecular weight is 250 g/mol. The van der Waals surface area contributed by atoms with Gasteiger partial charge in [-0.3, -0.25) is 0 Å². The summed E-state index contributed by atoms with van der Waals surface area (Å²) in [5.74, 6) is 2.97. The molecule has 1 aromatic rings. The van der Waals surface area contributed by atoms with E-state index in [-0.39, 0.29) is 0 Å². The number of nitrogens with one attached hydrogen (secondary N) is 2. The van der Waals surface area contributed by atoms with E-state index in [2.05, 4.69) is 23.7 Å². The van der Waals surface area contributed by atoms with Crippen LogP contribution in [0.15, 0.2) is 16.5 Å². The second-order valence-electron chi connectivity index (χ2n) is 5.47. The predicted molar refractivity (Wildman–Crippen MR) is 74.8 cm³/mol. The number of rotatable bonds is 6. The van der Waals surface area contributed by atoms with E-state index in [9.17, 15) is 0 Å². The Balaban J connectivity index is 1.56. The first-order valence-electron chi connectivity index (χ1n) is 7.21. The molecule has 1 aliphatic rings. The van der Waals surface area contributed by atoms with Gasteiger partial charge in [0.1, 0.15) is 11.5 Å². The van der Waals surface area contributed by atoms with Gasteiger partial charge in [-0.1, -0.05) is 0 Å². The van der Waals surface area contributed by atoms with Crippen LogP contribution in [0.2, 0.25) is 0 Å². The molecule has 0 spiro atoms. The first-order chi connectivity index (χ1) is 8.78. The Morgan fingerprint density at radius 2 is 2.00 bits per heavy atom. The molecular weight excluding hydrogens is 224 g/mol. The summed E-state index contributed by atoms with van der Waals surface area (Å²) in [4.78, 5) is 0. The molecule has 1 fully saturated rings. The van der Waals surface area contributed by atoms with E-state index in [1.54, 1.807) is 0 Å². The first-order valence-corrected chi connectivity index (χ1v) is 7.21. The minimum absolute atomic E-state index is 0.757. The van der Waals surface area contributed by atoms with Crippen LogP contribution < -0.4 is 10.6 Å². The van der Waals surface area contributed by atoms with Crippen molar-refractivity contribution in [2.75, 3.05) is 20.1 Å². The van der Waals surface area contributed by atoms with E-state index in [0.717, 1.165) is 43.0 Å². The van der Waals surface area contributed by atoms with Gasteiger partial charge in [-0.15, -0.1) is 0 Å². The molecule has 0 unspecified atom stereocenters. The van der Waals surface area contributed by atoms with Crippen LogP contribution in [-0.4, -0.2) is 26.2 Å². The lowest BCUT2D eigenvalue weighted by Gasteiger charge is -2.28. The molecular formula is C15H26N2O. The van der Waals surface area contributed by atoms with Crippen LogP contribution in [0.1, 0.15) is 37.2 Å². The van der Waals surface area contributed by atoms with E-state index < -0.39 is 0 Å². The largest absolute Gasteiger partial charge is 0.466 e. The fourth-order valence-corrected chi connectivity index (χ4v) is 2.79. The maximum absolute atomic E-state index is 5.56. The third-order valence-electron chi connectivity index (χ3n) is 4.03. The van der Waals surface area contributed by atoms with Crippen LogP contribution in [0.4, 0.5) is 0 Å². The van der Waals surface area contributed by atoms with Gasteiger partial charge in [0.05, 0.1) is 0 Å². The molecule has 1 saturated carbocycles. The van der Waals surface area contributed by atoms with Crippen molar-refractivity contribution in [2.24, 2.45) is 5.92 Å². The van der Waals surface area contributed by atoms with Crippen LogP contribution in [0.3, 0.4) is 0 Å². The number of hydrogen-bond donors (Lipinski definition) is 2. The highest BCUT2D eigenvalue weighted by Crippen LogP contribution is 2.23. The standard InChI is InChI=1S/C15H26N2O/c1-12-3-8-15(18-12)9-10-17-11-13-4-6-14(16-2)7-5-13/h3,8,13-14,16-17H,4-7,9-11H2,1-2H3. The third-order valence-corrected chi connectivity index (χ3v) is 4.03. The van der Waals surface area contributed by atoms with Crippen LogP contribution in [0.5, 0.6) is 0 Å². The van der Waals surface area contributed by atoms with Crippen molar-refractivity contribution >= 4 is 0 Å². The lowest BCUT2D eigenvalue weighted by Crippen LogP contribution is -2.34. The van der Waals surface area contributed by atoms with E-state index >= 15 is 0 Å². The quantitative estimate of drug-likeness (QED) is 0.762. The molecule has 3 heteroatoms. The molecule has 0 aromatic carbocycles. The maximum Gasteiger partial charge on any atom is 0.105 e. The zero-order valence-electron chi connectivity index (χ0n) is 11.7. The molecule has 2 N–H and O–H groups in total. The Labute approximate surface area is 110 Å². The van der Waals surface area contributed by atoms with E-state index in [4.69, 9.17) is 4.42 Å². The molecule has 0 saturated heterocycles. The van der Waals surface area contributed by atoms with Crippen molar-refractivity contribution in [1.29, 1.82) is 0 Å².